The summed E-state index contributed by atoms with van der Waals surface area (Å²) in [6, 6.07) is 11.8. The number of carbonyl (C=O) groups excluding carboxylic acids is 2. The Balaban J connectivity index is 1.43. The van der Waals surface area contributed by atoms with Gasteiger partial charge in [-0.15, -0.1) is 0 Å². The van der Waals surface area contributed by atoms with Crippen LogP contribution in [0.25, 0.3) is 10.8 Å². The molecule has 4 atom stereocenters. The number of anilines is 1. The lowest BCUT2D eigenvalue weighted by Gasteiger charge is -2.26. The number of nitrogens with one attached hydrogen (secondary N) is 6. The number of urea groups is 1. The van der Waals surface area contributed by atoms with Gasteiger partial charge in [0.05, 0.1) is 23.8 Å². The SMILES string of the molecule is CC(C)C[C@H](NC(=O)[C@H](CCCNC(=N)N[N+](=O)[O-])NC(=O)Nc1cccc2ccccc12)B1O[C@H]2CCCC[C@H]2O1. The highest BCUT2D eigenvalue weighted by Gasteiger charge is 2.46. The first-order chi connectivity index (χ1) is 20.2. The summed E-state index contributed by atoms with van der Waals surface area (Å²) >= 11 is 0. The summed E-state index contributed by atoms with van der Waals surface area (Å²) < 4.78 is 12.5. The van der Waals surface area contributed by atoms with Crippen molar-refractivity contribution in [3.8, 4) is 0 Å². The highest BCUT2D eigenvalue weighted by molar-refractivity contribution is 6.47. The fraction of sp³-hybridized carbons (Fsp3) is 0.536. The minimum Gasteiger partial charge on any atom is -0.404 e. The predicted octanol–water partition coefficient (Wildman–Crippen LogP) is 3.33. The molecule has 4 rings (SSSR count). The van der Waals surface area contributed by atoms with E-state index in [9.17, 15) is 19.7 Å². The molecule has 0 spiro atoms. The van der Waals surface area contributed by atoms with Crippen LogP contribution >= 0.6 is 0 Å². The molecule has 1 aliphatic carbocycles. The van der Waals surface area contributed by atoms with Gasteiger partial charge in [0, 0.05) is 11.9 Å². The minimum absolute atomic E-state index is 0.0323. The smallest absolute Gasteiger partial charge is 0.404 e. The largest absolute Gasteiger partial charge is 0.481 e. The Bertz CT molecular complexity index is 1240. The Hall–Kier alpha value is -3.91. The molecule has 226 valence electrons. The molecule has 0 radical (unpaired) electrons. The van der Waals surface area contributed by atoms with Crippen molar-refractivity contribution in [3.05, 3.63) is 52.6 Å². The van der Waals surface area contributed by atoms with E-state index in [2.05, 4.69) is 35.1 Å². The molecule has 0 aromatic heterocycles. The van der Waals surface area contributed by atoms with E-state index >= 15 is 0 Å². The van der Waals surface area contributed by atoms with Crippen LogP contribution in [0.15, 0.2) is 42.5 Å². The third-order valence-corrected chi connectivity index (χ3v) is 7.48. The van der Waals surface area contributed by atoms with Crippen molar-refractivity contribution in [1.29, 1.82) is 5.41 Å². The summed E-state index contributed by atoms with van der Waals surface area (Å²) in [6.07, 6.45) is 5.34. The van der Waals surface area contributed by atoms with Gasteiger partial charge in [0.2, 0.25) is 5.91 Å². The fourth-order valence-electron chi connectivity index (χ4n) is 5.54. The molecular weight excluding hydrogens is 541 g/mol. The van der Waals surface area contributed by atoms with Crippen LogP contribution in [0.5, 0.6) is 0 Å². The van der Waals surface area contributed by atoms with Gasteiger partial charge in [-0.1, -0.05) is 68.5 Å². The molecule has 1 heterocycles. The fourth-order valence-corrected chi connectivity index (χ4v) is 5.54. The Morgan fingerprint density at radius 1 is 1.07 bits per heavy atom. The number of carbonyl (C=O) groups is 2. The number of hydrogen-bond acceptors (Lipinski definition) is 7. The number of hydrazine groups is 1. The van der Waals surface area contributed by atoms with Crippen molar-refractivity contribution in [3.63, 3.8) is 0 Å². The van der Waals surface area contributed by atoms with Gasteiger partial charge < -0.3 is 30.6 Å². The number of rotatable bonds is 12. The van der Waals surface area contributed by atoms with Gasteiger partial charge in [-0.3, -0.25) is 10.2 Å². The number of nitro groups is 1. The molecule has 6 N–H and O–H groups in total. The second kappa shape index (κ2) is 14.8. The van der Waals surface area contributed by atoms with Crippen LogP contribution in [0.2, 0.25) is 0 Å². The van der Waals surface area contributed by atoms with Crippen molar-refractivity contribution in [2.75, 3.05) is 11.9 Å². The van der Waals surface area contributed by atoms with Crippen LogP contribution in [0.3, 0.4) is 0 Å². The van der Waals surface area contributed by atoms with E-state index in [-0.39, 0.29) is 37.0 Å². The molecule has 42 heavy (non-hydrogen) atoms. The van der Waals surface area contributed by atoms with E-state index in [0.29, 0.717) is 18.5 Å². The first-order valence-electron chi connectivity index (χ1n) is 14.6. The second-order valence-corrected chi connectivity index (χ2v) is 11.2. The molecule has 14 heteroatoms. The Kier molecular flexibility index (Phi) is 11.0. The van der Waals surface area contributed by atoms with Crippen molar-refractivity contribution < 1.29 is 23.9 Å². The third kappa shape index (κ3) is 8.80. The lowest BCUT2D eigenvalue weighted by Crippen LogP contribution is -2.55. The van der Waals surface area contributed by atoms with Crippen molar-refractivity contribution in [2.45, 2.75) is 83.0 Å². The molecule has 2 aliphatic rings. The van der Waals surface area contributed by atoms with Crippen LogP contribution in [-0.4, -0.2) is 60.8 Å². The van der Waals surface area contributed by atoms with E-state index in [0.717, 1.165) is 36.5 Å². The standard InChI is InChI=1S/C28H40BN7O6/c1-18(2)17-25(29-41-23-14-5-6-15-24(23)42-29)34-26(37)22(13-8-16-31-27(30)35-36(39)40)33-28(38)32-21-12-7-10-19-9-3-4-11-20(19)21/h3-4,7,9-12,18,22-25H,5-6,8,13-17H2,1-2H3,(H,34,37)(H3,30,31,35)(H2,32,33,38)/t22-,23-,24+,25-/m0/s1. The van der Waals surface area contributed by atoms with Crippen molar-refractivity contribution >= 4 is 41.5 Å². The summed E-state index contributed by atoms with van der Waals surface area (Å²) in [5.41, 5.74) is 2.34. The quantitative estimate of drug-likeness (QED) is 0.0552. The van der Waals surface area contributed by atoms with E-state index in [1.165, 1.54) is 0 Å². The van der Waals surface area contributed by atoms with E-state index in [1.807, 2.05) is 36.4 Å². The number of hydrogen-bond donors (Lipinski definition) is 6. The van der Waals surface area contributed by atoms with Crippen LogP contribution in [0, 0.1) is 21.4 Å². The third-order valence-electron chi connectivity index (χ3n) is 7.48. The Morgan fingerprint density at radius 2 is 1.76 bits per heavy atom. The topological polar surface area (TPSA) is 180 Å². The van der Waals surface area contributed by atoms with Crippen LogP contribution in [-0.2, 0) is 14.1 Å². The van der Waals surface area contributed by atoms with Gasteiger partial charge in [-0.2, -0.15) is 0 Å². The lowest BCUT2D eigenvalue weighted by molar-refractivity contribution is -0.525. The highest BCUT2D eigenvalue weighted by atomic mass is 16.7. The summed E-state index contributed by atoms with van der Waals surface area (Å²) in [5, 5.41) is 30.5. The summed E-state index contributed by atoms with van der Waals surface area (Å²) in [7, 11) is -0.565. The zero-order valence-corrected chi connectivity index (χ0v) is 24.1. The van der Waals surface area contributed by atoms with Gasteiger partial charge in [0.15, 0.2) is 5.03 Å². The summed E-state index contributed by atoms with van der Waals surface area (Å²) in [5.74, 6) is -0.981. The average molecular weight is 581 g/mol. The normalized spacial score (nSPS) is 19.5. The number of benzene rings is 2. The van der Waals surface area contributed by atoms with Gasteiger partial charge in [0.25, 0.3) is 5.96 Å². The van der Waals surface area contributed by atoms with E-state index < -0.39 is 36.1 Å². The lowest BCUT2D eigenvalue weighted by atomic mass is 9.74. The zero-order chi connectivity index (χ0) is 30.1. The highest BCUT2D eigenvalue weighted by Crippen LogP contribution is 2.32. The zero-order valence-electron chi connectivity index (χ0n) is 24.1. The maximum atomic E-state index is 13.7. The Morgan fingerprint density at radius 3 is 2.45 bits per heavy atom. The molecule has 0 bridgehead atoms. The monoisotopic (exact) mass is 581 g/mol. The molecule has 13 nitrogen and oxygen atoms in total. The summed E-state index contributed by atoms with van der Waals surface area (Å²) in [4.78, 5) is 37.3. The molecule has 2 fully saturated rings. The Labute approximate surface area is 245 Å². The first-order valence-corrected chi connectivity index (χ1v) is 14.6. The average Bonchev–Trinajstić information content (AvgIpc) is 3.38. The number of fused-ring (bicyclic) bond motifs is 2. The number of amides is 3. The van der Waals surface area contributed by atoms with Crippen molar-refractivity contribution in [1.82, 2.24) is 21.4 Å². The molecule has 1 saturated carbocycles. The van der Waals surface area contributed by atoms with Crippen LogP contribution in [0.1, 0.15) is 58.8 Å². The van der Waals surface area contributed by atoms with Gasteiger partial charge in [0.1, 0.15) is 6.04 Å². The molecule has 0 unspecified atom stereocenters. The van der Waals surface area contributed by atoms with Gasteiger partial charge in [-0.25, -0.2) is 14.9 Å². The molecule has 1 aliphatic heterocycles. The summed E-state index contributed by atoms with van der Waals surface area (Å²) in [6.45, 7) is 4.31. The maximum absolute atomic E-state index is 13.7. The molecule has 2 aromatic rings. The van der Waals surface area contributed by atoms with Crippen LogP contribution < -0.4 is 26.7 Å². The predicted molar refractivity (Wildman–Crippen MR) is 160 cm³/mol. The number of guanidine groups is 1. The molecule has 2 aromatic carbocycles. The molecule has 3 amide bonds. The molecular formula is C28H40BN7O6. The second-order valence-electron chi connectivity index (χ2n) is 11.2. The van der Waals surface area contributed by atoms with E-state index in [1.54, 1.807) is 11.5 Å². The van der Waals surface area contributed by atoms with Crippen molar-refractivity contribution in [2.24, 2.45) is 5.92 Å². The molecule has 1 saturated heterocycles. The first kappa shape index (κ1) is 31.0. The number of nitrogens with zero attached hydrogens (tertiary/aromatic N) is 1. The minimum atomic E-state index is -0.919. The van der Waals surface area contributed by atoms with Gasteiger partial charge >= 0.3 is 13.1 Å². The maximum Gasteiger partial charge on any atom is 0.481 e. The van der Waals surface area contributed by atoms with Gasteiger partial charge in [-0.05, 0) is 49.5 Å². The van der Waals surface area contributed by atoms with Crippen LogP contribution in [0.4, 0.5) is 10.5 Å². The van der Waals surface area contributed by atoms with E-state index in [4.69, 9.17) is 14.7 Å².